The maximum absolute atomic E-state index is 4.51. The van der Waals surface area contributed by atoms with E-state index in [1.165, 1.54) is 54.2 Å². The van der Waals surface area contributed by atoms with Crippen LogP contribution in [0.3, 0.4) is 0 Å². The Kier molecular flexibility index (Phi) is 4.57. The molecule has 0 aliphatic heterocycles. The van der Waals surface area contributed by atoms with Crippen LogP contribution in [0.1, 0.15) is 60.6 Å². The number of nitrogens with zero attached hydrogens (tertiary/aromatic N) is 1. The third-order valence-corrected chi connectivity index (χ3v) is 5.03. The Bertz CT molecular complexity index is 353. The monoisotopic (exact) mass is 252 g/mol. The fraction of sp³-hybridized carbons (Fsp3) is 0.786. The summed E-state index contributed by atoms with van der Waals surface area (Å²) in [6.45, 7) is 7.66. The van der Waals surface area contributed by atoms with Gasteiger partial charge in [-0.1, -0.05) is 19.3 Å². The second-order valence-electron chi connectivity index (χ2n) is 5.32. The molecule has 1 N–H and O–H groups in total. The van der Waals surface area contributed by atoms with E-state index in [4.69, 9.17) is 0 Å². The number of rotatable bonds is 4. The van der Waals surface area contributed by atoms with Crippen molar-refractivity contribution in [2.24, 2.45) is 5.92 Å². The van der Waals surface area contributed by atoms with E-state index < -0.39 is 0 Å². The zero-order valence-electron chi connectivity index (χ0n) is 11.3. The smallest absolute Gasteiger partial charge is 0.0900 e. The number of nitrogens with one attached hydrogen (secondary N) is 1. The van der Waals surface area contributed by atoms with Gasteiger partial charge in [-0.3, -0.25) is 0 Å². The predicted molar refractivity (Wildman–Crippen MR) is 74.6 cm³/mol. The molecule has 0 amide bonds. The van der Waals surface area contributed by atoms with Crippen molar-refractivity contribution in [2.45, 2.75) is 58.9 Å². The molecule has 1 atom stereocenters. The number of hydrogen-bond donors (Lipinski definition) is 1. The van der Waals surface area contributed by atoms with Crippen LogP contribution in [0.25, 0.3) is 0 Å². The highest BCUT2D eigenvalue weighted by molar-refractivity contribution is 7.11. The van der Waals surface area contributed by atoms with Gasteiger partial charge in [-0.25, -0.2) is 4.98 Å². The summed E-state index contributed by atoms with van der Waals surface area (Å²) in [5, 5.41) is 4.88. The second kappa shape index (κ2) is 5.96. The van der Waals surface area contributed by atoms with Crippen LogP contribution in [0.4, 0.5) is 0 Å². The summed E-state index contributed by atoms with van der Waals surface area (Å²) >= 11 is 1.84. The molecule has 3 heteroatoms. The van der Waals surface area contributed by atoms with Crippen molar-refractivity contribution in [1.29, 1.82) is 0 Å². The molecule has 17 heavy (non-hydrogen) atoms. The molecule has 0 spiro atoms. The van der Waals surface area contributed by atoms with Crippen LogP contribution in [0, 0.1) is 19.8 Å². The fourth-order valence-corrected chi connectivity index (χ4v) is 3.73. The van der Waals surface area contributed by atoms with E-state index in [0.717, 1.165) is 5.92 Å². The number of thiazole rings is 1. The Labute approximate surface area is 109 Å². The Morgan fingerprint density at radius 1 is 1.29 bits per heavy atom. The summed E-state index contributed by atoms with van der Waals surface area (Å²) in [5.41, 5.74) is 1.20. The zero-order valence-corrected chi connectivity index (χ0v) is 12.1. The number of aromatic nitrogens is 1. The highest BCUT2D eigenvalue weighted by Crippen LogP contribution is 2.26. The minimum Gasteiger partial charge on any atom is -0.309 e. The van der Waals surface area contributed by atoms with Crippen molar-refractivity contribution in [1.82, 2.24) is 10.3 Å². The molecule has 2 nitrogen and oxygen atoms in total. The summed E-state index contributed by atoms with van der Waals surface area (Å²) < 4.78 is 0. The largest absolute Gasteiger partial charge is 0.309 e. The third kappa shape index (κ3) is 3.52. The van der Waals surface area contributed by atoms with Gasteiger partial charge in [0, 0.05) is 10.9 Å². The van der Waals surface area contributed by atoms with Gasteiger partial charge in [0.2, 0.25) is 0 Å². The normalized spacial score (nSPS) is 19.5. The molecule has 1 aliphatic carbocycles. The topological polar surface area (TPSA) is 24.9 Å². The first-order chi connectivity index (χ1) is 8.16. The average molecular weight is 252 g/mol. The Morgan fingerprint density at radius 2 is 2.00 bits per heavy atom. The van der Waals surface area contributed by atoms with Crippen LogP contribution >= 0.6 is 11.3 Å². The Hall–Kier alpha value is -0.410. The molecule has 0 radical (unpaired) electrons. The molecule has 0 saturated heterocycles. The van der Waals surface area contributed by atoms with Crippen LogP contribution in [0.2, 0.25) is 0 Å². The lowest BCUT2D eigenvalue weighted by atomic mass is 9.89. The quantitative estimate of drug-likeness (QED) is 0.876. The average Bonchev–Trinajstić information content (AvgIpc) is 2.67. The molecule has 1 aromatic rings. The van der Waals surface area contributed by atoms with E-state index >= 15 is 0 Å². The van der Waals surface area contributed by atoms with Crippen molar-refractivity contribution in [3.63, 3.8) is 0 Å². The number of aryl methyl sites for hydroxylation is 2. The Morgan fingerprint density at radius 3 is 2.59 bits per heavy atom. The van der Waals surface area contributed by atoms with Crippen molar-refractivity contribution in [2.75, 3.05) is 6.54 Å². The van der Waals surface area contributed by atoms with Gasteiger partial charge in [0.05, 0.1) is 10.7 Å². The summed E-state index contributed by atoms with van der Waals surface area (Å²) in [4.78, 5) is 5.92. The molecule has 0 aromatic carbocycles. The third-order valence-electron chi connectivity index (χ3n) is 3.77. The van der Waals surface area contributed by atoms with Gasteiger partial charge in [-0.15, -0.1) is 11.3 Å². The SMILES string of the molecule is Cc1nc(C)c(C(C)NCC2CCCCC2)s1. The highest BCUT2D eigenvalue weighted by atomic mass is 32.1. The van der Waals surface area contributed by atoms with Crippen LogP contribution in [0.15, 0.2) is 0 Å². The summed E-state index contributed by atoms with van der Waals surface area (Å²) in [5.74, 6) is 0.903. The molecule has 0 bridgehead atoms. The number of hydrogen-bond acceptors (Lipinski definition) is 3. The lowest BCUT2D eigenvalue weighted by Crippen LogP contribution is -2.26. The van der Waals surface area contributed by atoms with Gasteiger partial charge in [0.1, 0.15) is 0 Å². The minimum atomic E-state index is 0.461. The first kappa shape index (κ1) is 13.0. The standard InChI is InChI=1S/C14H24N2S/c1-10(14-11(2)16-12(3)17-14)15-9-13-7-5-4-6-8-13/h10,13,15H,4-9H2,1-3H3. The molecular weight excluding hydrogens is 228 g/mol. The van der Waals surface area contributed by atoms with E-state index in [9.17, 15) is 0 Å². The molecule has 2 rings (SSSR count). The van der Waals surface area contributed by atoms with Gasteiger partial charge >= 0.3 is 0 Å². The van der Waals surface area contributed by atoms with Gasteiger partial charge in [0.15, 0.2) is 0 Å². The lowest BCUT2D eigenvalue weighted by molar-refractivity contribution is 0.332. The molecule has 1 saturated carbocycles. The van der Waals surface area contributed by atoms with Crippen molar-refractivity contribution in [3.05, 3.63) is 15.6 Å². The van der Waals surface area contributed by atoms with E-state index in [1.807, 2.05) is 11.3 Å². The summed E-state index contributed by atoms with van der Waals surface area (Å²) in [6, 6.07) is 0.461. The van der Waals surface area contributed by atoms with E-state index in [-0.39, 0.29) is 0 Å². The molecular formula is C14H24N2S. The summed E-state index contributed by atoms with van der Waals surface area (Å²) in [7, 11) is 0. The lowest BCUT2D eigenvalue weighted by Gasteiger charge is -2.23. The molecule has 1 aliphatic rings. The summed E-state index contributed by atoms with van der Waals surface area (Å²) in [6.07, 6.45) is 7.14. The molecule has 1 fully saturated rings. The first-order valence-corrected chi connectivity index (χ1v) is 7.65. The molecule has 1 heterocycles. The van der Waals surface area contributed by atoms with Gasteiger partial charge in [0.25, 0.3) is 0 Å². The van der Waals surface area contributed by atoms with Crippen molar-refractivity contribution in [3.8, 4) is 0 Å². The van der Waals surface area contributed by atoms with Crippen molar-refractivity contribution < 1.29 is 0 Å². The molecule has 1 aromatic heterocycles. The van der Waals surface area contributed by atoms with Crippen LogP contribution in [-0.4, -0.2) is 11.5 Å². The van der Waals surface area contributed by atoms with Gasteiger partial charge < -0.3 is 5.32 Å². The maximum Gasteiger partial charge on any atom is 0.0900 e. The predicted octanol–water partition coefficient (Wildman–Crippen LogP) is 3.99. The first-order valence-electron chi connectivity index (χ1n) is 6.84. The zero-order chi connectivity index (χ0) is 12.3. The van der Waals surface area contributed by atoms with Gasteiger partial charge in [-0.2, -0.15) is 0 Å². The minimum absolute atomic E-state index is 0.461. The Balaban J connectivity index is 1.84. The maximum atomic E-state index is 4.51. The van der Waals surface area contributed by atoms with Gasteiger partial charge in [-0.05, 0) is 46.1 Å². The fourth-order valence-electron chi connectivity index (χ4n) is 2.78. The molecule has 1 unspecified atom stereocenters. The highest BCUT2D eigenvalue weighted by Gasteiger charge is 2.16. The molecule has 96 valence electrons. The van der Waals surface area contributed by atoms with Crippen molar-refractivity contribution >= 4 is 11.3 Å². The van der Waals surface area contributed by atoms with Crippen LogP contribution in [-0.2, 0) is 0 Å². The second-order valence-corrected chi connectivity index (χ2v) is 6.55. The van der Waals surface area contributed by atoms with E-state index in [0.29, 0.717) is 6.04 Å². The van der Waals surface area contributed by atoms with Crippen LogP contribution < -0.4 is 5.32 Å². The van der Waals surface area contributed by atoms with E-state index in [2.05, 4.69) is 31.1 Å². The van der Waals surface area contributed by atoms with Crippen LogP contribution in [0.5, 0.6) is 0 Å². The van der Waals surface area contributed by atoms with E-state index in [1.54, 1.807) is 0 Å².